The van der Waals surface area contributed by atoms with Gasteiger partial charge in [0.15, 0.2) is 0 Å². The van der Waals surface area contributed by atoms with Crippen LogP contribution in [0.1, 0.15) is 12.8 Å². The molecule has 0 spiro atoms. The van der Waals surface area contributed by atoms with Crippen molar-refractivity contribution in [2.45, 2.75) is 18.9 Å². The van der Waals surface area contributed by atoms with E-state index in [1.165, 1.54) is 5.57 Å². The summed E-state index contributed by atoms with van der Waals surface area (Å²) < 4.78 is 14.9. The highest BCUT2D eigenvalue weighted by atomic mass is 31.2. The highest BCUT2D eigenvalue weighted by Crippen LogP contribution is 2.48. The van der Waals surface area contributed by atoms with Gasteiger partial charge >= 0.3 is 7.82 Å². The third-order valence-electron chi connectivity index (χ3n) is 2.72. The fourth-order valence-corrected chi connectivity index (χ4v) is 2.43. The van der Waals surface area contributed by atoms with Crippen molar-refractivity contribution in [3.8, 4) is 0 Å². The molecule has 3 N–H and O–H groups in total. The molecule has 0 aromatic carbocycles. The molecule has 1 fully saturated rings. The maximum absolute atomic E-state index is 10.5. The maximum Gasteiger partial charge on any atom is 0.469 e. The van der Waals surface area contributed by atoms with Crippen molar-refractivity contribution in [2.75, 3.05) is 6.61 Å². The quantitative estimate of drug-likeness (QED) is 0.474. The molecular weight excluding hydrogens is 207 g/mol. The Kier molecular flexibility index (Phi) is 2.53. The molecule has 0 aromatic rings. The lowest BCUT2D eigenvalue weighted by Crippen LogP contribution is -2.24. The number of hydrogen-bond donors (Lipinski definition) is 3. The van der Waals surface area contributed by atoms with Gasteiger partial charge in [0.25, 0.3) is 0 Å². The van der Waals surface area contributed by atoms with Crippen LogP contribution in [0, 0.1) is 11.8 Å². The van der Waals surface area contributed by atoms with Crippen molar-refractivity contribution in [2.24, 2.45) is 11.8 Å². The Balaban J connectivity index is 1.84. The Hall–Kier alpha value is -0.190. The lowest BCUT2D eigenvalue weighted by atomic mass is 9.87. The van der Waals surface area contributed by atoms with Crippen LogP contribution in [0.3, 0.4) is 0 Å². The van der Waals surface area contributed by atoms with Crippen molar-refractivity contribution in [3.63, 3.8) is 0 Å². The Bertz CT molecular complexity index is 307. The minimum absolute atomic E-state index is 0.0198. The number of allylic oxidation sites excluding steroid dienone is 1. The summed E-state index contributed by atoms with van der Waals surface area (Å²) in [5.74, 6) is 0.339. The van der Waals surface area contributed by atoms with Crippen LogP contribution in [-0.2, 0) is 9.09 Å². The van der Waals surface area contributed by atoms with E-state index >= 15 is 0 Å². The lowest BCUT2D eigenvalue weighted by molar-refractivity contribution is 0.0869. The molecule has 0 radical (unpaired) electrons. The highest BCUT2D eigenvalue weighted by molar-refractivity contribution is 7.46. The van der Waals surface area contributed by atoms with E-state index in [-0.39, 0.29) is 18.6 Å². The number of rotatable bonds is 3. The van der Waals surface area contributed by atoms with Gasteiger partial charge in [-0.05, 0) is 18.8 Å². The third kappa shape index (κ3) is 2.43. The molecule has 3 atom stereocenters. The molecule has 0 aliphatic heterocycles. The van der Waals surface area contributed by atoms with E-state index in [9.17, 15) is 9.67 Å². The Labute approximate surface area is 81.6 Å². The van der Waals surface area contributed by atoms with E-state index < -0.39 is 7.82 Å². The Morgan fingerprint density at radius 3 is 2.93 bits per heavy atom. The van der Waals surface area contributed by atoms with E-state index in [4.69, 9.17) is 9.79 Å². The fraction of sp³-hybridized carbons (Fsp3) is 0.750. The van der Waals surface area contributed by atoms with E-state index in [2.05, 4.69) is 4.52 Å². The molecule has 1 unspecified atom stereocenters. The third-order valence-corrected chi connectivity index (χ3v) is 3.21. The smallest absolute Gasteiger partial charge is 0.393 e. The van der Waals surface area contributed by atoms with Gasteiger partial charge in [-0.25, -0.2) is 4.57 Å². The molecular formula is C8H13O5P. The number of hydrogen-bond acceptors (Lipinski definition) is 3. The predicted molar refractivity (Wildman–Crippen MR) is 48.3 cm³/mol. The van der Waals surface area contributed by atoms with Crippen LogP contribution in [0.15, 0.2) is 11.6 Å². The van der Waals surface area contributed by atoms with Crippen LogP contribution in [0.25, 0.3) is 0 Å². The van der Waals surface area contributed by atoms with Crippen molar-refractivity contribution in [1.82, 2.24) is 0 Å². The van der Waals surface area contributed by atoms with E-state index in [1.54, 1.807) is 0 Å². The number of fused-ring (bicyclic) bond motifs is 1. The van der Waals surface area contributed by atoms with Gasteiger partial charge in [0, 0.05) is 5.92 Å². The number of phosphoric acid groups is 1. The first-order chi connectivity index (χ1) is 6.46. The second-order valence-corrected chi connectivity index (χ2v) is 5.15. The molecule has 0 aromatic heterocycles. The average Bonchev–Trinajstić information content (AvgIpc) is 2.76. The summed E-state index contributed by atoms with van der Waals surface area (Å²) in [6.45, 7) is 0.0198. The lowest BCUT2D eigenvalue weighted by Gasteiger charge is -2.25. The second-order valence-electron chi connectivity index (χ2n) is 3.91. The van der Waals surface area contributed by atoms with Gasteiger partial charge in [0.1, 0.15) is 0 Å². The zero-order valence-electron chi connectivity index (χ0n) is 7.54. The van der Waals surface area contributed by atoms with Gasteiger partial charge in [0.2, 0.25) is 0 Å². The molecule has 80 valence electrons. The van der Waals surface area contributed by atoms with Crippen molar-refractivity contribution in [3.05, 3.63) is 11.6 Å². The zero-order valence-corrected chi connectivity index (χ0v) is 8.43. The van der Waals surface area contributed by atoms with Crippen molar-refractivity contribution in [1.29, 1.82) is 0 Å². The normalized spacial score (nSPS) is 36.2. The molecule has 2 rings (SSSR count). The summed E-state index contributed by atoms with van der Waals surface area (Å²) >= 11 is 0. The predicted octanol–water partition coefficient (Wildman–Crippen LogP) is 0.423. The Morgan fingerprint density at radius 1 is 1.57 bits per heavy atom. The van der Waals surface area contributed by atoms with Crippen LogP contribution in [0.5, 0.6) is 0 Å². The van der Waals surface area contributed by atoms with E-state index in [0.717, 1.165) is 0 Å². The van der Waals surface area contributed by atoms with Gasteiger partial charge in [-0.15, -0.1) is 0 Å². The van der Waals surface area contributed by atoms with Gasteiger partial charge in [-0.3, -0.25) is 4.52 Å². The average molecular weight is 220 g/mol. The molecule has 5 nitrogen and oxygen atoms in total. The van der Waals surface area contributed by atoms with E-state index in [0.29, 0.717) is 18.8 Å². The van der Waals surface area contributed by atoms with Gasteiger partial charge in [-0.2, -0.15) is 0 Å². The van der Waals surface area contributed by atoms with Gasteiger partial charge in [0.05, 0.1) is 12.7 Å². The number of aliphatic hydroxyl groups is 1. The monoisotopic (exact) mass is 220 g/mol. The minimum atomic E-state index is -4.36. The van der Waals surface area contributed by atoms with Crippen LogP contribution in [-0.4, -0.2) is 27.6 Å². The van der Waals surface area contributed by atoms with Crippen LogP contribution in [0.2, 0.25) is 0 Å². The number of phosphoric ester groups is 1. The first-order valence-electron chi connectivity index (χ1n) is 4.54. The molecule has 0 saturated heterocycles. The molecule has 1 saturated carbocycles. The number of aliphatic hydroxyl groups excluding tert-OH is 1. The molecule has 0 heterocycles. The summed E-state index contributed by atoms with van der Waals surface area (Å²) in [5, 5.41) is 9.42. The van der Waals surface area contributed by atoms with Crippen LogP contribution >= 0.6 is 7.82 Å². The molecule has 0 amide bonds. The first-order valence-corrected chi connectivity index (χ1v) is 6.07. The van der Waals surface area contributed by atoms with Crippen molar-refractivity contribution >= 4 is 7.82 Å². The summed E-state index contributed by atoms with van der Waals surface area (Å²) in [6, 6.07) is 0. The zero-order chi connectivity index (χ0) is 10.3. The molecule has 6 heteroatoms. The van der Waals surface area contributed by atoms with Crippen molar-refractivity contribution < 1.29 is 24.0 Å². The van der Waals surface area contributed by atoms with Crippen LogP contribution in [0.4, 0.5) is 0 Å². The molecule has 2 aliphatic carbocycles. The SMILES string of the molecule is O=P(O)(O)OC[C@@H]1C[C@@H](O)CC2=CC21. The maximum atomic E-state index is 10.5. The molecule has 2 aliphatic rings. The largest absolute Gasteiger partial charge is 0.469 e. The molecule has 0 bridgehead atoms. The van der Waals surface area contributed by atoms with E-state index in [1.807, 2.05) is 6.08 Å². The van der Waals surface area contributed by atoms with Gasteiger partial charge in [-0.1, -0.05) is 11.6 Å². The summed E-state index contributed by atoms with van der Waals surface area (Å²) in [4.78, 5) is 17.0. The second kappa shape index (κ2) is 3.43. The van der Waals surface area contributed by atoms with Gasteiger partial charge < -0.3 is 14.9 Å². The topological polar surface area (TPSA) is 87.0 Å². The molecule has 14 heavy (non-hydrogen) atoms. The first kappa shape index (κ1) is 10.3. The minimum Gasteiger partial charge on any atom is -0.393 e. The Morgan fingerprint density at radius 2 is 2.29 bits per heavy atom. The fourth-order valence-electron chi connectivity index (χ4n) is 2.04. The standard InChI is InChI=1S/C8H13O5P/c9-7-1-5-3-8(5)6(2-7)4-13-14(10,11)12/h3,6-9H,1-2,4H2,(H2,10,11,12)/t6-,7-,8?/m0/s1. The summed E-state index contributed by atoms with van der Waals surface area (Å²) in [6.07, 6.45) is 2.91. The van der Waals surface area contributed by atoms with Crippen LogP contribution < -0.4 is 0 Å². The highest BCUT2D eigenvalue weighted by Gasteiger charge is 2.40. The summed E-state index contributed by atoms with van der Waals surface area (Å²) in [5.41, 5.74) is 1.20. The summed E-state index contributed by atoms with van der Waals surface area (Å²) in [7, 11) is -4.36.